The van der Waals surface area contributed by atoms with Gasteiger partial charge >= 0.3 is 0 Å². The number of rotatable bonds is 3. The molecule has 52 heavy (non-hydrogen) atoms. The fourth-order valence-corrected chi connectivity index (χ4v) is 8.81. The summed E-state index contributed by atoms with van der Waals surface area (Å²) in [4.78, 5) is 10.1. The first-order valence-electron chi connectivity index (χ1n) is 17.7. The van der Waals surface area contributed by atoms with E-state index in [0.29, 0.717) is 0 Å². The molecule has 0 atom stereocenters. The Kier molecular flexibility index (Phi) is 5.47. The van der Waals surface area contributed by atoms with Gasteiger partial charge in [0.1, 0.15) is 5.82 Å². The summed E-state index contributed by atoms with van der Waals surface area (Å²) < 4.78 is 4.73. The summed E-state index contributed by atoms with van der Waals surface area (Å²) in [6, 6.07) is 59.4. The van der Waals surface area contributed by atoms with E-state index in [9.17, 15) is 0 Å². The molecule has 7 aromatic carbocycles. The Morgan fingerprint density at radius 1 is 0.404 bits per heavy atom. The zero-order chi connectivity index (χ0) is 33.9. The first-order chi connectivity index (χ1) is 25.8. The minimum absolute atomic E-state index is 0.895. The lowest BCUT2D eigenvalue weighted by atomic mass is 10.00. The van der Waals surface area contributed by atoms with Gasteiger partial charge in [-0.2, -0.15) is 0 Å². The third-order valence-electron chi connectivity index (χ3n) is 11.1. The molecule has 1 aliphatic carbocycles. The Balaban J connectivity index is 1.06. The van der Waals surface area contributed by atoms with E-state index in [2.05, 4.69) is 173 Å². The Hall–Kier alpha value is -7.04. The van der Waals surface area contributed by atoms with Gasteiger partial charge in [-0.25, -0.2) is 4.98 Å². The molecule has 0 N–H and O–H groups in total. The average molecular weight is 661 g/mol. The van der Waals surface area contributed by atoms with Crippen molar-refractivity contribution in [1.29, 1.82) is 0 Å². The smallest absolute Gasteiger partial charge is 0.138 e. The molecule has 4 heterocycles. The van der Waals surface area contributed by atoms with Crippen LogP contribution in [0.4, 0.5) is 0 Å². The normalized spacial score (nSPS) is 12.2. The Labute approximate surface area is 298 Å². The lowest BCUT2D eigenvalue weighted by molar-refractivity contribution is 1.08. The van der Waals surface area contributed by atoms with Crippen LogP contribution in [-0.2, 0) is 0 Å². The largest absolute Gasteiger partial charge is 0.309 e. The molecule has 0 saturated heterocycles. The molecular formula is C48H28N4. The monoisotopic (exact) mass is 660 g/mol. The highest BCUT2D eigenvalue weighted by atomic mass is 15.1. The molecule has 4 heteroatoms. The summed E-state index contributed by atoms with van der Waals surface area (Å²) in [6.07, 6.45) is 1.89. The number of hydrogen-bond donors (Lipinski definition) is 0. The van der Waals surface area contributed by atoms with Crippen molar-refractivity contribution >= 4 is 65.2 Å². The van der Waals surface area contributed by atoms with Crippen LogP contribution in [0.1, 0.15) is 0 Å². The highest BCUT2D eigenvalue weighted by molar-refractivity contribution is 6.19. The number of para-hydroxylation sites is 2. The fourth-order valence-electron chi connectivity index (χ4n) is 8.81. The van der Waals surface area contributed by atoms with E-state index >= 15 is 0 Å². The maximum absolute atomic E-state index is 5.33. The number of benzene rings is 7. The van der Waals surface area contributed by atoms with Crippen molar-refractivity contribution in [2.24, 2.45) is 0 Å². The van der Waals surface area contributed by atoms with E-state index in [-0.39, 0.29) is 0 Å². The van der Waals surface area contributed by atoms with Crippen LogP contribution in [0.2, 0.25) is 0 Å². The molecule has 240 valence electrons. The number of pyridine rings is 2. The third-order valence-corrected chi connectivity index (χ3v) is 11.1. The van der Waals surface area contributed by atoms with Gasteiger partial charge in [0.2, 0.25) is 0 Å². The van der Waals surface area contributed by atoms with Gasteiger partial charge in [0, 0.05) is 49.8 Å². The molecule has 0 amide bonds. The quantitative estimate of drug-likeness (QED) is 0.189. The Bertz CT molecular complexity index is 3290. The molecule has 4 nitrogen and oxygen atoms in total. The lowest BCUT2D eigenvalue weighted by Gasteiger charge is -2.10. The minimum atomic E-state index is 0.895. The van der Waals surface area contributed by atoms with Crippen LogP contribution in [0.25, 0.3) is 110 Å². The van der Waals surface area contributed by atoms with Crippen LogP contribution >= 0.6 is 0 Å². The second kappa shape index (κ2) is 10.3. The molecule has 1 aliphatic rings. The van der Waals surface area contributed by atoms with Gasteiger partial charge in [-0.3, -0.25) is 9.55 Å². The topological polar surface area (TPSA) is 35.6 Å². The van der Waals surface area contributed by atoms with Gasteiger partial charge < -0.3 is 4.57 Å². The highest BCUT2D eigenvalue weighted by Crippen LogP contribution is 2.46. The summed E-state index contributed by atoms with van der Waals surface area (Å²) in [7, 11) is 0. The molecule has 0 spiro atoms. The molecule has 0 bridgehead atoms. The fraction of sp³-hybridized carbons (Fsp3) is 0. The van der Waals surface area contributed by atoms with E-state index in [4.69, 9.17) is 9.97 Å². The van der Waals surface area contributed by atoms with E-state index in [0.717, 1.165) is 39.5 Å². The zero-order valence-electron chi connectivity index (χ0n) is 28.0. The van der Waals surface area contributed by atoms with Crippen molar-refractivity contribution in [3.63, 3.8) is 0 Å². The van der Waals surface area contributed by atoms with Crippen molar-refractivity contribution in [3.05, 3.63) is 170 Å². The van der Waals surface area contributed by atoms with Crippen LogP contribution in [0, 0.1) is 0 Å². The van der Waals surface area contributed by atoms with E-state index in [1.807, 2.05) is 6.20 Å². The van der Waals surface area contributed by atoms with Crippen LogP contribution < -0.4 is 0 Å². The Morgan fingerprint density at radius 3 is 1.98 bits per heavy atom. The SMILES string of the molecule is c1ccc(-n2c3ccc(-c4ccc5c(c4)c4ccccc4n5-c4ccc5c(n4)-c4nccc6cccc-5c46)cc3c3ccc4ccccc4c32)cc1. The molecule has 0 aliphatic heterocycles. The molecule has 0 saturated carbocycles. The average Bonchev–Trinajstić information content (AvgIpc) is 3.84. The molecule has 0 unspecified atom stereocenters. The molecule has 4 aromatic heterocycles. The van der Waals surface area contributed by atoms with Gasteiger partial charge in [0.25, 0.3) is 0 Å². The lowest BCUT2D eigenvalue weighted by Crippen LogP contribution is -1.99. The molecule has 12 rings (SSSR count). The van der Waals surface area contributed by atoms with Gasteiger partial charge in [-0.05, 0) is 88.1 Å². The first kappa shape index (κ1) is 27.7. The minimum Gasteiger partial charge on any atom is -0.309 e. The number of fused-ring (bicyclic) bond motifs is 11. The van der Waals surface area contributed by atoms with Gasteiger partial charge in [0.05, 0.1) is 33.5 Å². The van der Waals surface area contributed by atoms with Gasteiger partial charge in [-0.15, -0.1) is 0 Å². The second-order valence-corrected chi connectivity index (χ2v) is 13.8. The van der Waals surface area contributed by atoms with E-state index in [1.165, 1.54) is 70.8 Å². The van der Waals surface area contributed by atoms with Crippen LogP contribution in [0.3, 0.4) is 0 Å². The zero-order valence-corrected chi connectivity index (χ0v) is 28.0. The first-order valence-corrected chi connectivity index (χ1v) is 17.7. The second-order valence-electron chi connectivity index (χ2n) is 13.8. The van der Waals surface area contributed by atoms with Crippen molar-refractivity contribution in [1.82, 2.24) is 19.1 Å². The summed E-state index contributed by atoms with van der Waals surface area (Å²) in [5.41, 5.74) is 12.5. The highest BCUT2D eigenvalue weighted by Gasteiger charge is 2.25. The predicted octanol–water partition coefficient (Wildman–Crippen LogP) is 12.3. The van der Waals surface area contributed by atoms with Crippen molar-refractivity contribution < 1.29 is 0 Å². The van der Waals surface area contributed by atoms with Crippen molar-refractivity contribution in [2.75, 3.05) is 0 Å². The maximum atomic E-state index is 5.33. The van der Waals surface area contributed by atoms with Gasteiger partial charge in [0.15, 0.2) is 0 Å². The summed E-state index contributed by atoms with van der Waals surface area (Å²) in [6.45, 7) is 0. The number of aromatic nitrogens is 4. The standard InChI is InChI=1S/C48H28N4/c1-2-11-33(12-3-1)51-42-22-18-32(28-40(42)38-20-17-29-9-4-5-13-34(29)48(38)51)31-19-23-43-39(27-31)35-14-6-7-16-41(35)52(43)44-24-21-37-36-15-8-10-30-25-26-49-47(45(30)36)46(37)50-44/h1-28H. The van der Waals surface area contributed by atoms with Crippen molar-refractivity contribution in [2.45, 2.75) is 0 Å². The summed E-state index contributed by atoms with van der Waals surface area (Å²) >= 11 is 0. The predicted molar refractivity (Wildman–Crippen MR) is 216 cm³/mol. The molecule has 0 fully saturated rings. The van der Waals surface area contributed by atoms with Crippen LogP contribution in [-0.4, -0.2) is 19.1 Å². The van der Waals surface area contributed by atoms with Gasteiger partial charge in [-0.1, -0.05) is 103 Å². The number of nitrogens with zero attached hydrogens (tertiary/aromatic N) is 4. The Morgan fingerprint density at radius 2 is 1.12 bits per heavy atom. The van der Waals surface area contributed by atoms with E-state index in [1.54, 1.807) is 0 Å². The third kappa shape index (κ3) is 3.70. The number of hydrogen-bond acceptors (Lipinski definition) is 2. The van der Waals surface area contributed by atoms with Crippen molar-refractivity contribution in [3.8, 4) is 45.1 Å². The molecule has 0 radical (unpaired) electrons. The molecule has 11 aromatic rings. The maximum Gasteiger partial charge on any atom is 0.138 e. The molecular weight excluding hydrogens is 633 g/mol. The summed E-state index contributed by atoms with van der Waals surface area (Å²) in [5.74, 6) is 0.895. The van der Waals surface area contributed by atoms with Crippen LogP contribution in [0.15, 0.2) is 170 Å². The summed E-state index contributed by atoms with van der Waals surface area (Å²) in [5, 5.41) is 9.80. The van der Waals surface area contributed by atoms with Crippen LogP contribution in [0.5, 0.6) is 0 Å². The van der Waals surface area contributed by atoms with E-state index < -0.39 is 0 Å².